The lowest BCUT2D eigenvalue weighted by Crippen LogP contribution is -2.37. The normalized spacial score (nSPS) is 12.3. The van der Waals surface area contributed by atoms with Crippen LogP contribution in [0.25, 0.3) is 0 Å². The Morgan fingerprint density at radius 1 is 1.19 bits per heavy atom. The average Bonchev–Trinajstić information content (AvgIpc) is 3.03. The van der Waals surface area contributed by atoms with Gasteiger partial charge in [0.2, 0.25) is 5.89 Å². The van der Waals surface area contributed by atoms with Crippen molar-refractivity contribution >= 4 is 5.96 Å². The van der Waals surface area contributed by atoms with Crippen LogP contribution in [-0.2, 0) is 24.4 Å². The molecule has 0 atom stereocenters. The first-order chi connectivity index (χ1) is 12.9. The predicted octanol–water partition coefficient (Wildman–Crippen LogP) is 2.71. The summed E-state index contributed by atoms with van der Waals surface area (Å²) in [4.78, 5) is 8.56. The molecule has 10 heteroatoms. The van der Waals surface area contributed by atoms with Crippen molar-refractivity contribution in [2.45, 2.75) is 39.7 Å². The molecule has 2 aromatic rings. The molecule has 1 heterocycles. The molecular weight excluding hydrogens is 363 g/mol. The number of rotatable bonds is 8. The molecule has 0 spiro atoms. The van der Waals surface area contributed by atoms with Gasteiger partial charge in [-0.1, -0.05) is 29.4 Å². The van der Waals surface area contributed by atoms with Crippen LogP contribution in [0.2, 0.25) is 0 Å². The molecule has 7 nitrogen and oxygen atoms in total. The Balaban J connectivity index is 1.85. The molecule has 1 aromatic heterocycles. The van der Waals surface area contributed by atoms with Crippen LogP contribution in [0.5, 0.6) is 0 Å². The number of aromatic nitrogens is 2. The van der Waals surface area contributed by atoms with Crippen molar-refractivity contribution in [2.24, 2.45) is 4.99 Å². The number of aliphatic imine (C=N–C) groups is 1. The number of alkyl halides is 3. The molecule has 0 fully saturated rings. The second-order valence-electron chi connectivity index (χ2n) is 5.70. The van der Waals surface area contributed by atoms with Crippen LogP contribution < -0.4 is 10.6 Å². The number of hydrogen-bond acceptors (Lipinski definition) is 5. The van der Waals surface area contributed by atoms with Crippen LogP contribution in [0, 0.1) is 6.92 Å². The first kappa shape index (κ1) is 20.7. The summed E-state index contributed by atoms with van der Waals surface area (Å²) in [6.45, 7) is 3.79. The van der Waals surface area contributed by atoms with Crippen molar-refractivity contribution in [3.8, 4) is 0 Å². The van der Waals surface area contributed by atoms with Gasteiger partial charge in [0.15, 0.2) is 11.8 Å². The van der Waals surface area contributed by atoms with Crippen LogP contribution in [0.4, 0.5) is 13.2 Å². The Morgan fingerprint density at radius 2 is 1.89 bits per heavy atom. The highest BCUT2D eigenvalue weighted by molar-refractivity contribution is 5.79. The minimum atomic E-state index is -4.31. The molecule has 0 bridgehead atoms. The van der Waals surface area contributed by atoms with Crippen molar-refractivity contribution in [3.05, 3.63) is 47.1 Å². The molecule has 0 aliphatic rings. The van der Waals surface area contributed by atoms with Gasteiger partial charge in [0.25, 0.3) is 0 Å². The molecule has 2 N–H and O–H groups in total. The lowest BCUT2D eigenvalue weighted by Gasteiger charge is -2.10. The molecule has 0 saturated carbocycles. The van der Waals surface area contributed by atoms with E-state index in [2.05, 4.69) is 30.5 Å². The molecule has 0 aliphatic carbocycles. The molecule has 27 heavy (non-hydrogen) atoms. The largest absolute Gasteiger partial charge is 0.411 e. The van der Waals surface area contributed by atoms with Gasteiger partial charge in [0.05, 0.1) is 19.7 Å². The molecule has 2 rings (SSSR count). The van der Waals surface area contributed by atoms with E-state index in [4.69, 9.17) is 4.52 Å². The highest BCUT2D eigenvalue weighted by Crippen LogP contribution is 2.16. The van der Waals surface area contributed by atoms with Crippen molar-refractivity contribution in [2.75, 3.05) is 13.2 Å². The number of aryl methyl sites for hydroxylation is 1. The van der Waals surface area contributed by atoms with Gasteiger partial charge in [0.1, 0.15) is 6.61 Å². The van der Waals surface area contributed by atoms with Crippen LogP contribution in [-0.4, -0.2) is 35.4 Å². The number of nitrogens with one attached hydrogen (secondary N) is 2. The van der Waals surface area contributed by atoms with Gasteiger partial charge < -0.3 is 19.9 Å². The van der Waals surface area contributed by atoms with Crippen molar-refractivity contribution in [1.82, 2.24) is 20.8 Å². The molecule has 0 amide bonds. The second kappa shape index (κ2) is 9.91. The number of ether oxygens (including phenoxy) is 1. The zero-order valence-corrected chi connectivity index (χ0v) is 15.1. The monoisotopic (exact) mass is 385 g/mol. The summed E-state index contributed by atoms with van der Waals surface area (Å²) >= 11 is 0. The fourth-order valence-corrected chi connectivity index (χ4v) is 2.11. The first-order valence-corrected chi connectivity index (χ1v) is 8.39. The quantitative estimate of drug-likeness (QED) is 0.537. The summed E-state index contributed by atoms with van der Waals surface area (Å²) in [6.07, 6.45) is -4.31. The van der Waals surface area contributed by atoms with E-state index < -0.39 is 12.8 Å². The van der Waals surface area contributed by atoms with Gasteiger partial charge in [-0.05, 0) is 18.1 Å². The Kier molecular flexibility index (Phi) is 7.59. The summed E-state index contributed by atoms with van der Waals surface area (Å²) in [5, 5.41) is 10.0. The van der Waals surface area contributed by atoms with E-state index >= 15 is 0 Å². The molecular formula is C17H22F3N5O2. The fraction of sp³-hybridized carbons (Fsp3) is 0.471. The maximum absolute atomic E-state index is 12.1. The molecule has 148 valence electrons. The maximum atomic E-state index is 12.1. The maximum Gasteiger partial charge on any atom is 0.411 e. The summed E-state index contributed by atoms with van der Waals surface area (Å²) in [7, 11) is 0. The topological polar surface area (TPSA) is 84.6 Å². The molecule has 0 unspecified atom stereocenters. The fourth-order valence-electron chi connectivity index (χ4n) is 2.11. The van der Waals surface area contributed by atoms with Gasteiger partial charge in [0, 0.05) is 13.5 Å². The number of halogens is 3. The van der Waals surface area contributed by atoms with Gasteiger partial charge >= 0.3 is 6.18 Å². The van der Waals surface area contributed by atoms with Crippen molar-refractivity contribution in [1.29, 1.82) is 0 Å². The van der Waals surface area contributed by atoms with E-state index in [1.807, 2.05) is 19.1 Å². The minimum Gasteiger partial charge on any atom is -0.367 e. The van der Waals surface area contributed by atoms with E-state index in [1.165, 1.54) is 0 Å². The summed E-state index contributed by atoms with van der Waals surface area (Å²) in [5.74, 6) is 1.62. The van der Waals surface area contributed by atoms with Crippen LogP contribution in [0.15, 0.2) is 33.8 Å². The first-order valence-electron chi connectivity index (χ1n) is 8.39. The van der Waals surface area contributed by atoms with Gasteiger partial charge in [-0.3, -0.25) is 0 Å². The number of hydrogen-bond donors (Lipinski definition) is 2. The Hall–Kier alpha value is -2.62. The van der Waals surface area contributed by atoms with Crippen LogP contribution >= 0.6 is 0 Å². The summed E-state index contributed by atoms with van der Waals surface area (Å²) in [5.41, 5.74) is 1.59. The molecule has 0 saturated heterocycles. The number of benzene rings is 1. The Bertz CT molecular complexity index is 729. The van der Waals surface area contributed by atoms with Crippen molar-refractivity contribution < 1.29 is 22.4 Å². The van der Waals surface area contributed by atoms with Crippen LogP contribution in [0.1, 0.15) is 29.8 Å². The predicted molar refractivity (Wildman–Crippen MR) is 92.8 cm³/mol. The third-order valence-electron chi connectivity index (χ3n) is 3.30. The zero-order chi connectivity index (χ0) is 19.7. The summed E-state index contributed by atoms with van der Waals surface area (Å²) < 4.78 is 45.8. The van der Waals surface area contributed by atoms with Crippen molar-refractivity contribution in [3.63, 3.8) is 0 Å². The van der Waals surface area contributed by atoms with E-state index in [0.717, 1.165) is 5.56 Å². The third kappa shape index (κ3) is 8.07. The second-order valence-corrected chi connectivity index (χ2v) is 5.70. The number of guanidine groups is 1. The molecule has 1 aromatic carbocycles. The third-order valence-corrected chi connectivity index (χ3v) is 3.30. The molecule has 0 radical (unpaired) electrons. The zero-order valence-electron chi connectivity index (χ0n) is 15.1. The lowest BCUT2D eigenvalue weighted by molar-refractivity contribution is -0.176. The Morgan fingerprint density at radius 3 is 2.48 bits per heavy atom. The van der Waals surface area contributed by atoms with Gasteiger partial charge in [-0.2, -0.15) is 18.2 Å². The van der Waals surface area contributed by atoms with E-state index in [0.29, 0.717) is 42.9 Å². The standard InChI is InChI=1S/C17H22F3N5O2/c1-3-21-16(23-9-15-24-12(2)27-25-15)22-8-13-4-6-14(7-5-13)10-26-11-17(18,19)20/h4-7H,3,8-11H2,1-2H3,(H2,21,22,23). The van der Waals surface area contributed by atoms with E-state index in [1.54, 1.807) is 19.1 Å². The lowest BCUT2D eigenvalue weighted by atomic mass is 10.1. The van der Waals surface area contributed by atoms with Crippen LogP contribution in [0.3, 0.4) is 0 Å². The van der Waals surface area contributed by atoms with Gasteiger partial charge in [-0.15, -0.1) is 0 Å². The molecule has 0 aliphatic heterocycles. The van der Waals surface area contributed by atoms with E-state index in [-0.39, 0.29) is 6.61 Å². The highest BCUT2D eigenvalue weighted by Gasteiger charge is 2.27. The van der Waals surface area contributed by atoms with Gasteiger partial charge in [-0.25, -0.2) is 4.99 Å². The minimum absolute atomic E-state index is 0.0859. The highest BCUT2D eigenvalue weighted by atomic mass is 19.4. The summed E-state index contributed by atoms with van der Waals surface area (Å²) in [6, 6.07) is 7.07. The Labute approximate surface area is 155 Å². The number of nitrogens with zero attached hydrogens (tertiary/aromatic N) is 3. The van der Waals surface area contributed by atoms with E-state index in [9.17, 15) is 13.2 Å². The SMILES string of the molecule is CCNC(=NCc1ccc(COCC(F)(F)F)cc1)NCc1noc(C)n1. The average molecular weight is 385 g/mol. The smallest absolute Gasteiger partial charge is 0.367 e.